The maximum atomic E-state index is 6.67. The van der Waals surface area contributed by atoms with E-state index in [1.165, 1.54) is 21.1 Å². The van der Waals surface area contributed by atoms with Crippen molar-refractivity contribution in [3.05, 3.63) is 115 Å². The molecule has 0 aromatic heterocycles. The van der Waals surface area contributed by atoms with Gasteiger partial charge in [-0.25, -0.2) is 0 Å². The summed E-state index contributed by atoms with van der Waals surface area (Å²) in [6, 6.07) is 40.8. The lowest BCUT2D eigenvalue weighted by Gasteiger charge is -2.36. The van der Waals surface area contributed by atoms with Gasteiger partial charge < -0.3 is 9.64 Å². The molecule has 160 valence electrons. The molecule has 0 unspecified atom stereocenters. The molecule has 2 nitrogen and oxygen atoms in total. The zero-order valence-corrected chi connectivity index (χ0v) is 19.8. The Balaban J connectivity index is 1.64. The van der Waals surface area contributed by atoms with Gasteiger partial charge in [0.25, 0.3) is 0 Å². The van der Waals surface area contributed by atoms with Crippen molar-refractivity contribution in [1.82, 2.24) is 0 Å². The third-order valence-electron chi connectivity index (χ3n) is 6.70. The molecule has 5 aromatic carbocycles. The highest BCUT2D eigenvalue weighted by Crippen LogP contribution is 2.45. The molecule has 0 saturated carbocycles. The molecule has 0 saturated heterocycles. The Morgan fingerprint density at radius 2 is 1.21 bits per heavy atom. The van der Waals surface area contributed by atoms with E-state index >= 15 is 0 Å². The van der Waals surface area contributed by atoms with Crippen LogP contribution in [0.25, 0.3) is 10.8 Å². The third-order valence-corrected chi connectivity index (χ3v) is 10.2. The molecule has 1 aliphatic heterocycles. The Hall–Kier alpha value is -3.82. The van der Waals surface area contributed by atoms with Gasteiger partial charge in [-0.05, 0) is 46.1 Å². The van der Waals surface area contributed by atoms with Crippen LogP contribution >= 0.6 is 0 Å². The van der Waals surface area contributed by atoms with E-state index in [-0.39, 0.29) is 0 Å². The molecule has 33 heavy (non-hydrogen) atoms. The van der Waals surface area contributed by atoms with Gasteiger partial charge >= 0.3 is 0 Å². The van der Waals surface area contributed by atoms with Crippen molar-refractivity contribution in [2.75, 3.05) is 4.90 Å². The maximum Gasteiger partial charge on any atom is 0.151 e. The Labute approximate surface area is 195 Å². The van der Waals surface area contributed by atoms with Crippen molar-refractivity contribution >= 4 is 46.3 Å². The van der Waals surface area contributed by atoms with Gasteiger partial charge in [0.2, 0.25) is 0 Å². The van der Waals surface area contributed by atoms with Crippen LogP contribution in [0.1, 0.15) is 0 Å². The van der Waals surface area contributed by atoms with Gasteiger partial charge in [-0.1, -0.05) is 98.0 Å². The van der Waals surface area contributed by atoms with Gasteiger partial charge in [-0.3, -0.25) is 0 Å². The van der Waals surface area contributed by atoms with Crippen LogP contribution in [-0.4, -0.2) is 8.07 Å². The monoisotopic (exact) mass is 443 g/mol. The number of para-hydroxylation sites is 3. The summed E-state index contributed by atoms with van der Waals surface area (Å²) in [6.45, 7) is 4.84. The topological polar surface area (TPSA) is 12.5 Å². The van der Waals surface area contributed by atoms with E-state index in [2.05, 4.69) is 133 Å². The first-order chi connectivity index (χ1) is 16.1. The van der Waals surface area contributed by atoms with Crippen molar-refractivity contribution in [2.24, 2.45) is 0 Å². The fourth-order valence-corrected chi connectivity index (χ4v) is 7.83. The van der Waals surface area contributed by atoms with Gasteiger partial charge in [-0.2, -0.15) is 0 Å². The molecule has 0 fully saturated rings. The summed E-state index contributed by atoms with van der Waals surface area (Å²) < 4.78 is 6.67. The summed E-state index contributed by atoms with van der Waals surface area (Å²) in [5, 5.41) is 5.13. The van der Waals surface area contributed by atoms with E-state index in [9.17, 15) is 0 Å². The molecule has 1 heterocycles. The molecule has 0 N–H and O–H groups in total. The molecule has 0 atom stereocenters. The number of anilines is 3. The maximum absolute atomic E-state index is 6.67. The lowest BCUT2D eigenvalue weighted by atomic mass is 10.1. The summed E-state index contributed by atoms with van der Waals surface area (Å²) >= 11 is 0. The van der Waals surface area contributed by atoms with Crippen LogP contribution < -0.4 is 20.0 Å². The normalized spacial score (nSPS) is 13.6. The van der Waals surface area contributed by atoms with E-state index in [0.29, 0.717) is 0 Å². The van der Waals surface area contributed by atoms with Crippen molar-refractivity contribution in [3.8, 4) is 11.5 Å². The summed E-state index contributed by atoms with van der Waals surface area (Å²) in [7, 11) is -1.92. The highest BCUT2D eigenvalue weighted by molar-refractivity contribution is 7.01. The predicted molar refractivity (Wildman–Crippen MR) is 142 cm³/mol. The van der Waals surface area contributed by atoms with Gasteiger partial charge in [-0.15, -0.1) is 0 Å². The summed E-state index contributed by atoms with van der Waals surface area (Å²) in [4.78, 5) is 2.35. The lowest BCUT2D eigenvalue weighted by molar-refractivity contribution is 0.488. The number of benzene rings is 5. The molecule has 0 spiro atoms. The van der Waals surface area contributed by atoms with Crippen molar-refractivity contribution < 1.29 is 4.74 Å². The quantitative estimate of drug-likeness (QED) is 0.273. The van der Waals surface area contributed by atoms with Gasteiger partial charge in [0, 0.05) is 11.1 Å². The van der Waals surface area contributed by atoms with Crippen LogP contribution in [0.5, 0.6) is 11.5 Å². The van der Waals surface area contributed by atoms with E-state index in [4.69, 9.17) is 4.74 Å². The molecule has 6 rings (SSSR count). The summed E-state index contributed by atoms with van der Waals surface area (Å²) in [6.07, 6.45) is 0. The van der Waals surface area contributed by atoms with Crippen LogP contribution in [0.3, 0.4) is 0 Å². The van der Waals surface area contributed by atoms with Crippen molar-refractivity contribution in [3.63, 3.8) is 0 Å². The second kappa shape index (κ2) is 7.64. The van der Waals surface area contributed by atoms with E-state index in [1.54, 1.807) is 0 Å². The van der Waals surface area contributed by atoms with Crippen LogP contribution in [-0.2, 0) is 0 Å². The van der Waals surface area contributed by atoms with Crippen LogP contribution in [0.4, 0.5) is 17.1 Å². The summed E-state index contributed by atoms with van der Waals surface area (Å²) in [5.41, 5.74) is 3.34. The third kappa shape index (κ3) is 3.16. The minimum absolute atomic E-state index is 0.977. The van der Waals surface area contributed by atoms with Gasteiger partial charge in [0.05, 0.1) is 11.4 Å². The first-order valence-corrected chi connectivity index (χ1v) is 14.4. The number of hydrogen-bond donors (Lipinski definition) is 0. The average molecular weight is 444 g/mol. The lowest BCUT2D eigenvalue weighted by Crippen LogP contribution is -2.56. The number of rotatable bonds is 3. The minimum Gasteiger partial charge on any atom is -0.455 e. The first-order valence-electron chi connectivity index (χ1n) is 11.4. The highest BCUT2D eigenvalue weighted by Gasteiger charge is 2.38. The molecule has 5 aromatic rings. The largest absolute Gasteiger partial charge is 0.455 e. The fraction of sp³-hybridized carbons (Fsp3) is 0.0667. The standard InChI is InChI=1S/C30H25NOSi/c1-33(2)28-20-9-8-19-27(28)32-30-26(18-11-21-29(30)33)31(23-14-4-3-5-15-23)25-17-10-13-22-12-6-7-16-24(22)25/h3-21H,1-2H3. The van der Waals surface area contributed by atoms with E-state index in [0.717, 1.165) is 28.6 Å². The Kier molecular flexibility index (Phi) is 4.59. The van der Waals surface area contributed by atoms with Crippen LogP contribution in [0.15, 0.2) is 115 Å². The van der Waals surface area contributed by atoms with Gasteiger partial charge in [0.1, 0.15) is 13.8 Å². The Bertz CT molecular complexity index is 1470. The molecular weight excluding hydrogens is 418 g/mol. The first kappa shape index (κ1) is 19.8. The fourth-order valence-electron chi connectivity index (χ4n) is 5.02. The van der Waals surface area contributed by atoms with Crippen LogP contribution in [0.2, 0.25) is 13.1 Å². The highest BCUT2D eigenvalue weighted by atomic mass is 28.3. The summed E-state index contributed by atoms with van der Waals surface area (Å²) in [5.74, 6) is 1.96. The molecule has 0 radical (unpaired) electrons. The Morgan fingerprint density at radius 3 is 2.09 bits per heavy atom. The molecule has 0 bridgehead atoms. The predicted octanol–water partition coefficient (Wildman–Crippen LogP) is 7.24. The van der Waals surface area contributed by atoms with Crippen molar-refractivity contribution in [2.45, 2.75) is 13.1 Å². The minimum atomic E-state index is -1.92. The second-order valence-electron chi connectivity index (χ2n) is 9.05. The number of fused-ring (bicyclic) bond motifs is 3. The Morgan fingerprint density at radius 1 is 0.576 bits per heavy atom. The number of ether oxygens (including phenoxy) is 1. The SMILES string of the molecule is C[Si]1(C)c2ccccc2Oc2c(N(c3ccccc3)c3cccc4ccccc34)cccc21. The molecule has 3 heteroatoms. The number of nitrogens with zero attached hydrogens (tertiary/aromatic N) is 1. The zero-order valence-electron chi connectivity index (χ0n) is 18.8. The van der Waals surface area contributed by atoms with Crippen LogP contribution in [0, 0.1) is 0 Å². The zero-order chi connectivity index (χ0) is 22.4. The van der Waals surface area contributed by atoms with Crippen molar-refractivity contribution in [1.29, 1.82) is 0 Å². The number of hydrogen-bond acceptors (Lipinski definition) is 2. The average Bonchev–Trinajstić information content (AvgIpc) is 2.86. The molecule has 0 amide bonds. The second-order valence-corrected chi connectivity index (χ2v) is 13.4. The van der Waals surface area contributed by atoms with E-state index < -0.39 is 8.07 Å². The van der Waals surface area contributed by atoms with E-state index in [1.807, 2.05) is 0 Å². The van der Waals surface area contributed by atoms with Gasteiger partial charge in [0.15, 0.2) is 5.75 Å². The molecular formula is C30H25NOSi. The molecule has 0 aliphatic carbocycles. The smallest absolute Gasteiger partial charge is 0.151 e. The molecule has 1 aliphatic rings.